The van der Waals surface area contributed by atoms with Gasteiger partial charge >= 0.3 is 0 Å². The number of hydrogen-bond acceptors (Lipinski definition) is 6. The lowest BCUT2D eigenvalue weighted by Gasteiger charge is -2.40. The number of ether oxygens (including phenoxy) is 1. The highest BCUT2D eigenvalue weighted by molar-refractivity contribution is 8.02. The number of fused-ring (bicyclic) bond motifs is 1. The van der Waals surface area contributed by atoms with Gasteiger partial charge in [-0.15, -0.1) is 24.9 Å². The van der Waals surface area contributed by atoms with Crippen molar-refractivity contribution in [3.63, 3.8) is 0 Å². The Hall–Kier alpha value is -2.78. The number of anilines is 1. The number of benzene rings is 1. The second-order valence-corrected chi connectivity index (χ2v) is 13.3. The van der Waals surface area contributed by atoms with Crippen molar-refractivity contribution in [1.29, 1.82) is 0 Å². The van der Waals surface area contributed by atoms with Crippen LogP contribution in [-0.4, -0.2) is 88.1 Å². The summed E-state index contributed by atoms with van der Waals surface area (Å²) in [5.41, 5.74) is 0.667. The third-order valence-corrected chi connectivity index (χ3v) is 10.8. The average Bonchev–Trinajstić information content (AvgIpc) is 3.48. The first kappa shape index (κ1) is 29.2. The number of likely N-dealkylation sites (tertiary alicyclic amines) is 1. The molecule has 1 aromatic carbocycles. The first-order valence-electron chi connectivity index (χ1n) is 13.6. The zero-order valence-electron chi connectivity index (χ0n) is 23.6. The minimum atomic E-state index is -0.828. The number of carbonyl (C=O) groups is 3. The maximum Gasteiger partial charge on any atom is 0.251 e. The number of thioether (sulfide) groups is 1. The number of nitrogens with zero attached hydrogens (tertiary/aromatic N) is 3. The van der Waals surface area contributed by atoms with Crippen molar-refractivity contribution in [2.24, 2.45) is 17.8 Å². The van der Waals surface area contributed by atoms with Gasteiger partial charge in [-0.3, -0.25) is 14.4 Å². The van der Waals surface area contributed by atoms with Gasteiger partial charge in [0.05, 0.1) is 36.3 Å². The molecule has 3 saturated heterocycles. The van der Waals surface area contributed by atoms with Crippen molar-refractivity contribution in [3.05, 3.63) is 49.6 Å². The molecule has 3 aliphatic rings. The monoisotopic (exact) mass is 555 g/mol. The molecule has 2 unspecified atom stereocenters. The SMILES string of the molecule is C=CCN(C)C(=O)[C@@H]1[C@H]2C(=O)N([C@@H](CO)C(C)C)C(C(=O)N(CC=C)c3ccc(OC)cc3)C23CC[C@@]1(C)S3. The third kappa shape index (κ3) is 4.57. The lowest BCUT2D eigenvalue weighted by Crippen LogP contribution is -2.58. The van der Waals surface area contributed by atoms with Crippen LogP contribution < -0.4 is 9.64 Å². The van der Waals surface area contributed by atoms with Crippen LogP contribution in [-0.2, 0) is 14.4 Å². The summed E-state index contributed by atoms with van der Waals surface area (Å²) < 4.78 is 4.06. The standard InChI is InChI=1S/C30H41N3O5S/c1-8-16-31(6)26(35)23-24-27(36)33(22(18-34)19(3)4)25(30(24)15-14-29(23,5)39-30)28(37)32(17-9-2)20-10-12-21(38-7)13-11-20/h8-13,19,22-25,34H,1-2,14-18H2,3-7H3/t22-,23-,24-,25?,29+,30?/m0/s1. The fourth-order valence-corrected chi connectivity index (χ4v) is 9.21. The highest BCUT2D eigenvalue weighted by Gasteiger charge is 2.78. The lowest BCUT2D eigenvalue weighted by atomic mass is 9.66. The van der Waals surface area contributed by atoms with Gasteiger partial charge < -0.3 is 24.5 Å². The fourth-order valence-electron chi connectivity index (χ4n) is 6.88. The Morgan fingerprint density at radius 2 is 1.82 bits per heavy atom. The molecule has 3 amide bonds. The van der Waals surface area contributed by atoms with Crippen LogP contribution in [0.3, 0.4) is 0 Å². The Morgan fingerprint density at radius 1 is 1.18 bits per heavy atom. The minimum Gasteiger partial charge on any atom is -0.497 e. The van der Waals surface area contributed by atoms with E-state index >= 15 is 0 Å². The lowest BCUT2D eigenvalue weighted by molar-refractivity contribution is -0.146. The van der Waals surface area contributed by atoms with Gasteiger partial charge in [0.25, 0.3) is 5.91 Å². The van der Waals surface area contributed by atoms with Crippen molar-refractivity contribution in [2.45, 2.75) is 55.2 Å². The number of hydrogen-bond donors (Lipinski definition) is 1. The summed E-state index contributed by atoms with van der Waals surface area (Å²) in [6.45, 7) is 14.0. The number of aliphatic hydroxyl groups is 1. The van der Waals surface area contributed by atoms with E-state index in [2.05, 4.69) is 20.1 Å². The van der Waals surface area contributed by atoms with Gasteiger partial charge in [0, 0.05) is 30.6 Å². The molecular formula is C30H41N3O5S. The molecule has 0 saturated carbocycles. The fraction of sp³-hybridized carbons (Fsp3) is 0.567. The van der Waals surface area contributed by atoms with E-state index in [1.165, 1.54) is 0 Å². The molecule has 3 fully saturated rings. The maximum atomic E-state index is 14.7. The number of carbonyl (C=O) groups excluding carboxylic acids is 3. The van der Waals surface area contributed by atoms with E-state index in [0.29, 0.717) is 24.4 Å². The molecule has 2 bridgehead atoms. The van der Waals surface area contributed by atoms with Gasteiger partial charge in [-0.25, -0.2) is 0 Å². The summed E-state index contributed by atoms with van der Waals surface area (Å²) in [5.74, 6) is -1.16. The number of methoxy groups -OCH3 is 1. The average molecular weight is 556 g/mol. The molecule has 212 valence electrons. The number of likely N-dealkylation sites (N-methyl/N-ethyl adjacent to an activating group) is 1. The topological polar surface area (TPSA) is 90.4 Å². The van der Waals surface area contributed by atoms with Crippen LogP contribution in [0, 0.1) is 17.8 Å². The molecule has 0 aromatic heterocycles. The summed E-state index contributed by atoms with van der Waals surface area (Å²) in [6, 6.07) is 5.85. The molecule has 6 atom stereocenters. The van der Waals surface area contributed by atoms with Crippen molar-refractivity contribution < 1.29 is 24.2 Å². The van der Waals surface area contributed by atoms with Crippen LogP contribution >= 0.6 is 11.8 Å². The molecule has 9 heteroatoms. The third-order valence-electron chi connectivity index (χ3n) is 8.77. The first-order valence-corrected chi connectivity index (χ1v) is 14.4. The number of amides is 3. The molecule has 1 N–H and O–H groups in total. The molecule has 4 rings (SSSR count). The second kappa shape index (κ2) is 11.0. The largest absolute Gasteiger partial charge is 0.497 e. The first-order chi connectivity index (χ1) is 18.5. The zero-order valence-corrected chi connectivity index (χ0v) is 24.4. The van der Waals surface area contributed by atoms with E-state index in [4.69, 9.17) is 4.74 Å². The highest BCUT2D eigenvalue weighted by atomic mass is 32.2. The van der Waals surface area contributed by atoms with Gasteiger partial charge in [0.15, 0.2) is 0 Å². The molecular weight excluding hydrogens is 514 g/mol. The van der Waals surface area contributed by atoms with Gasteiger partial charge in [0.2, 0.25) is 11.8 Å². The number of rotatable bonds is 11. The normalized spacial score (nSPS) is 29.8. The van der Waals surface area contributed by atoms with Gasteiger partial charge in [0.1, 0.15) is 11.8 Å². The van der Waals surface area contributed by atoms with Crippen molar-refractivity contribution in [2.75, 3.05) is 38.8 Å². The maximum absolute atomic E-state index is 14.7. The summed E-state index contributed by atoms with van der Waals surface area (Å²) in [4.78, 5) is 47.8. The zero-order chi connectivity index (χ0) is 28.7. The van der Waals surface area contributed by atoms with Gasteiger partial charge in [-0.2, -0.15) is 0 Å². The summed E-state index contributed by atoms with van der Waals surface area (Å²) in [5, 5.41) is 10.5. The molecule has 8 nitrogen and oxygen atoms in total. The highest BCUT2D eigenvalue weighted by Crippen LogP contribution is 2.72. The van der Waals surface area contributed by atoms with E-state index in [1.54, 1.807) is 64.9 Å². The Morgan fingerprint density at radius 3 is 2.36 bits per heavy atom. The predicted molar refractivity (Wildman–Crippen MR) is 155 cm³/mol. The molecule has 3 aliphatic heterocycles. The van der Waals surface area contributed by atoms with E-state index in [1.807, 2.05) is 26.0 Å². The molecule has 0 radical (unpaired) electrons. The van der Waals surface area contributed by atoms with Crippen LogP contribution in [0.5, 0.6) is 5.75 Å². The summed E-state index contributed by atoms with van der Waals surface area (Å²) >= 11 is 1.63. The Bertz CT molecular complexity index is 1140. The van der Waals surface area contributed by atoms with Crippen LogP contribution in [0.4, 0.5) is 5.69 Å². The van der Waals surface area contributed by atoms with E-state index in [-0.39, 0.29) is 36.8 Å². The Balaban J connectivity index is 1.85. The van der Waals surface area contributed by atoms with Crippen LogP contribution in [0.25, 0.3) is 0 Å². The molecule has 1 spiro atoms. The van der Waals surface area contributed by atoms with Crippen molar-refractivity contribution >= 4 is 35.2 Å². The molecule has 3 heterocycles. The smallest absolute Gasteiger partial charge is 0.251 e. The quantitative estimate of drug-likeness (QED) is 0.421. The molecule has 39 heavy (non-hydrogen) atoms. The van der Waals surface area contributed by atoms with Crippen LogP contribution in [0.15, 0.2) is 49.6 Å². The number of aliphatic hydroxyl groups excluding tert-OH is 1. The summed E-state index contributed by atoms with van der Waals surface area (Å²) in [6.07, 6.45) is 4.72. The van der Waals surface area contributed by atoms with Gasteiger partial charge in [-0.05, 0) is 49.9 Å². The van der Waals surface area contributed by atoms with E-state index < -0.39 is 33.4 Å². The second-order valence-electron chi connectivity index (χ2n) is 11.4. The summed E-state index contributed by atoms with van der Waals surface area (Å²) in [7, 11) is 3.32. The van der Waals surface area contributed by atoms with E-state index in [0.717, 1.165) is 6.42 Å². The molecule has 0 aliphatic carbocycles. The van der Waals surface area contributed by atoms with Crippen molar-refractivity contribution in [3.8, 4) is 5.75 Å². The Labute approximate surface area is 236 Å². The van der Waals surface area contributed by atoms with Crippen molar-refractivity contribution in [1.82, 2.24) is 9.80 Å². The van der Waals surface area contributed by atoms with Gasteiger partial charge in [-0.1, -0.05) is 26.0 Å². The van der Waals surface area contributed by atoms with Crippen LogP contribution in [0.2, 0.25) is 0 Å². The predicted octanol–water partition coefficient (Wildman–Crippen LogP) is 3.36. The van der Waals surface area contributed by atoms with E-state index in [9.17, 15) is 19.5 Å². The molecule has 1 aromatic rings. The van der Waals surface area contributed by atoms with Crippen LogP contribution in [0.1, 0.15) is 33.6 Å². The Kier molecular flexibility index (Phi) is 8.24. The minimum absolute atomic E-state index is 0.0892.